The predicted octanol–water partition coefficient (Wildman–Crippen LogP) is 1.92. The van der Waals surface area contributed by atoms with Crippen LogP contribution in [-0.4, -0.2) is 44.6 Å². The van der Waals surface area contributed by atoms with E-state index < -0.39 is 10.1 Å². The third-order valence-electron chi connectivity index (χ3n) is 3.20. The molecule has 2 N–H and O–H groups in total. The maximum absolute atomic E-state index is 11.4. The van der Waals surface area contributed by atoms with Crippen molar-refractivity contribution in [2.45, 2.75) is 0 Å². The van der Waals surface area contributed by atoms with Crippen LogP contribution in [0.4, 0.5) is 0 Å². The van der Waals surface area contributed by atoms with Crippen LogP contribution in [0.1, 0.15) is 5.56 Å². The van der Waals surface area contributed by atoms with Gasteiger partial charge < -0.3 is 10.5 Å². The molecule has 0 aromatic heterocycles. The summed E-state index contributed by atoms with van der Waals surface area (Å²) in [6.45, 7) is 1.10. The van der Waals surface area contributed by atoms with E-state index in [2.05, 4.69) is 15.9 Å². The van der Waals surface area contributed by atoms with E-state index >= 15 is 0 Å². The fourth-order valence-corrected chi connectivity index (χ4v) is 3.34. The highest BCUT2D eigenvalue weighted by molar-refractivity contribution is 9.10. The molecule has 1 aliphatic heterocycles. The van der Waals surface area contributed by atoms with Gasteiger partial charge in [-0.2, -0.15) is 8.42 Å². The van der Waals surface area contributed by atoms with Crippen LogP contribution in [0.2, 0.25) is 0 Å². The molecule has 0 amide bonds. The number of thiocarbonyl (C=S) groups is 1. The molecule has 0 saturated heterocycles. The monoisotopic (exact) mass is 420 g/mol. The third kappa shape index (κ3) is 5.54. The van der Waals surface area contributed by atoms with Crippen LogP contribution < -0.4 is 5.73 Å². The summed E-state index contributed by atoms with van der Waals surface area (Å²) in [4.78, 5) is 0. The molecular weight excluding hydrogens is 404 g/mol. The number of benzene rings is 1. The minimum atomic E-state index is -3.72. The molecule has 0 aliphatic carbocycles. The summed E-state index contributed by atoms with van der Waals surface area (Å²) < 4.78 is 34.0. The molecule has 9 heteroatoms. The van der Waals surface area contributed by atoms with Crippen molar-refractivity contribution in [1.29, 1.82) is 0 Å². The number of nitrogens with two attached hydrogens (primary N) is 1. The summed E-state index contributed by atoms with van der Waals surface area (Å²) in [5.41, 5.74) is 7.63. The molecular formula is C14H17BrN2O4S2. The van der Waals surface area contributed by atoms with Crippen molar-refractivity contribution in [3.63, 3.8) is 0 Å². The van der Waals surface area contributed by atoms with Gasteiger partial charge in [0.1, 0.15) is 0 Å². The second-order valence-corrected chi connectivity index (χ2v) is 7.97. The Morgan fingerprint density at radius 1 is 1.57 bits per heavy atom. The topological polar surface area (TPSA) is 81.9 Å². The number of hydrogen-bond donors (Lipinski definition) is 1. The standard InChI is InChI=1S/C14H17BrN2O4S2/c1-23(18,19)21-17(14(16)22)8-11-9-20-6-5-13(11)10-3-2-4-12(15)7-10/h2-5,7,11H,6,8-9H2,1H3,(H2,16,22). The number of nitrogens with zero attached hydrogens (tertiary/aromatic N) is 1. The Bertz CT molecular complexity index is 721. The summed E-state index contributed by atoms with van der Waals surface area (Å²) in [7, 11) is -3.72. The Labute approximate surface area is 149 Å². The van der Waals surface area contributed by atoms with Gasteiger partial charge in [-0.1, -0.05) is 34.1 Å². The molecule has 0 bridgehead atoms. The lowest BCUT2D eigenvalue weighted by Gasteiger charge is -2.29. The van der Waals surface area contributed by atoms with Gasteiger partial charge >= 0.3 is 0 Å². The van der Waals surface area contributed by atoms with Gasteiger partial charge in [0, 0.05) is 10.4 Å². The van der Waals surface area contributed by atoms with Crippen LogP contribution in [0.3, 0.4) is 0 Å². The molecule has 0 radical (unpaired) electrons. The zero-order valence-electron chi connectivity index (χ0n) is 12.4. The predicted molar refractivity (Wildman–Crippen MR) is 95.8 cm³/mol. The Kier molecular flexibility index (Phi) is 6.15. The average molecular weight is 421 g/mol. The molecule has 1 aliphatic rings. The lowest BCUT2D eigenvalue weighted by atomic mass is 9.91. The van der Waals surface area contributed by atoms with Crippen LogP contribution >= 0.6 is 28.1 Å². The van der Waals surface area contributed by atoms with Gasteiger partial charge in [-0.05, 0) is 35.5 Å². The van der Waals surface area contributed by atoms with E-state index in [9.17, 15) is 8.42 Å². The molecule has 1 atom stereocenters. The Morgan fingerprint density at radius 3 is 2.91 bits per heavy atom. The van der Waals surface area contributed by atoms with Crippen molar-refractivity contribution in [2.24, 2.45) is 11.7 Å². The third-order valence-corrected chi connectivity index (χ3v) is 4.34. The van der Waals surface area contributed by atoms with Gasteiger partial charge in [0.25, 0.3) is 10.1 Å². The Hall–Kier alpha value is -1.00. The van der Waals surface area contributed by atoms with Crippen LogP contribution in [-0.2, 0) is 19.1 Å². The summed E-state index contributed by atoms with van der Waals surface area (Å²) in [5, 5.41) is 0.866. The highest BCUT2D eigenvalue weighted by Gasteiger charge is 2.25. The van der Waals surface area contributed by atoms with E-state index in [-0.39, 0.29) is 17.6 Å². The highest BCUT2D eigenvalue weighted by Crippen LogP contribution is 2.29. The van der Waals surface area contributed by atoms with E-state index in [1.807, 2.05) is 30.3 Å². The number of hydroxylamine groups is 2. The first-order valence-electron chi connectivity index (χ1n) is 6.76. The molecule has 0 saturated carbocycles. The lowest BCUT2D eigenvalue weighted by Crippen LogP contribution is -2.42. The number of halogens is 1. The van der Waals surface area contributed by atoms with Crippen molar-refractivity contribution in [3.8, 4) is 0 Å². The van der Waals surface area contributed by atoms with Crippen molar-refractivity contribution >= 4 is 49.0 Å². The molecule has 1 aromatic carbocycles. The lowest BCUT2D eigenvalue weighted by molar-refractivity contribution is 0.00701. The largest absolute Gasteiger partial charge is 0.377 e. The second kappa shape index (κ2) is 7.71. The summed E-state index contributed by atoms with van der Waals surface area (Å²) >= 11 is 8.32. The van der Waals surface area contributed by atoms with Crippen molar-refractivity contribution in [1.82, 2.24) is 5.06 Å². The first-order valence-corrected chi connectivity index (χ1v) is 9.78. The maximum Gasteiger partial charge on any atom is 0.285 e. The fourth-order valence-electron chi connectivity index (χ4n) is 2.31. The van der Waals surface area contributed by atoms with E-state index in [4.69, 9.17) is 27.0 Å². The highest BCUT2D eigenvalue weighted by atomic mass is 79.9. The van der Waals surface area contributed by atoms with Crippen LogP contribution in [0.15, 0.2) is 34.8 Å². The van der Waals surface area contributed by atoms with Gasteiger partial charge in [0.05, 0.1) is 26.0 Å². The Balaban J connectivity index is 2.23. The zero-order chi connectivity index (χ0) is 17.0. The molecule has 1 aromatic rings. The van der Waals surface area contributed by atoms with E-state index in [0.29, 0.717) is 13.2 Å². The zero-order valence-corrected chi connectivity index (χ0v) is 15.7. The van der Waals surface area contributed by atoms with Gasteiger partial charge in [-0.25, -0.2) is 5.06 Å². The minimum absolute atomic E-state index is 0.124. The number of rotatable bonds is 5. The van der Waals surface area contributed by atoms with Crippen molar-refractivity contribution in [2.75, 3.05) is 26.0 Å². The van der Waals surface area contributed by atoms with Crippen LogP contribution in [0.5, 0.6) is 0 Å². The SMILES string of the molecule is CS(=O)(=O)ON(CC1COCC=C1c1cccc(Br)c1)C(N)=S. The smallest absolute Gasteiger partial charge is 0.285 e. The quantitative estimate of drug-likeness (QED) is 0.575. The van der Waals surface area contributed by atoms with E-state index in [1.165, 1.54) is 0 Å². The van der Waals surface area contributed by atoms with E-state index in [0.717, 1.165) is 26.9 Å². The molecule has 1 unspecified atom stereocenters. The molecule has 6 nitrogen and oxygen atoms in total. The minimum Gasteiger partial charge on any atom is -0.377 e. The van der Waals surface area contributed by atoms with Crippen LogP contribution in [0, 0.1) is 5.92 Å². The molecule has 126 valence electrons. The van der Waals surface area contributed by atoms with E-state index in [1.54, 1.807) is 0 Å². The van der Waals surface area contributed by atoms with Gasteiger partial charge in [0.2, 0.25) is 0 Å². The fraction of sp³-hybridized carbons (Fsp3) is 0.357. The average Bonchev–Trinajstić information content (AvgIpc) is 2.45. The number of ether oxygens (including phenoxy) is 1. The summed E-state index contributed by atoms with van der Waals surface area (Å²) in [6.07, 6.45) is 2.91. The first-order chi connectivity index (χ1) is 10.8. The van der Waals surface area contributed by atoms with Gasteiger partial charge in [-0.3, -0.25) is 0 Å². The molecule has 1 heterocycles. The molecule has 0 spiro atoms. The first kappa shape index (κ1) is 18.3. The molecule has 23 heavy (non-hydrogen) atoms. The summed E-state index contributed by atoms with van der Waals surface area (Å²) in [5.74, 6) is -0.124. The summed E-state index contributed by atoms with van der Waals surface area (Å²) in [6, 6.07) is 7.85. The second-order valence-electron chi connectivity index (χ2n) is 5.08. The number of hydrogen-bond acceptors (Lipinski definition) is 5. The normalized spacial score (nSPS) is 18.3. The molecule has 0 fully saturated rings. The maximum atomic E-state index is 11.4. The van der Waals surface area contributed by atoms with Gasteiger partial charge in [-0.15, -0.1) is 4.28 Å². The molecule has 2 rings (SSSR count). The Morgan fingerprint density at radius 2 is 2.30 bits per heavy atom. The van der Waals surface area contributed by atoms with Crippen LogP contribution in [0.25, 0.3) is 5.57 Å². The van der Waals surface area contributed by atoms with Crippen molar-refractivity contribution in [3.05, 3.63) is 40.4 Å². The van der Waals surface area contributed by atoms with Crippen molar-refractivity contribution < 1.29 is 17.4 Å². The van der Waals surface area contributed by atoms with Gasteiger partial charge in [0.15, 0.2) is 5.11 Å².